The zero-order chi connectivity index (χ0) is 33.9. The van der Waals surface area contributed by atoms with Crippen LogP contribution in [0.5, 0.6) is 11.6 Å². The fourth-order valence-electron chi connectivity index (χ4n) is 6.49. The summed E-state index contributed by atoms with van der Waals surface area (Å²) in [6.45, 7) is 0.444. The summed E-state index contributed by atoms with van der Waals surface area (Å²) in [6.07, 6.45) is 2.13. The lowest BCUT2D eigenvalue weighted by molar-refractivity contribution is -0.142. The Balaban J connectivity index is 1.12. The van der Waals surface area contributed by atoms with Crippen LogP contribution in [0.2, 0.25) is 0 Å². The first-order valence-corrected chi connectivity index (χ1v) is 15.8. The summed E-state index contributed by atoms with van der Waals surface area (Å²) in [5.41, 5.74) is 9.08. The Morgan fingerprint density at radius 2 is 1.75 bits per heavy atom. The molecule has 48 heavy (non-hydrogen) atoms. The van der Waals surface area contributed by atoms with E-state index < -0.39 is 34.5 Å². The zero-order valence-electron chi connectivity index (χ0n) is 26.2. The van der Waals surface area contributed by atoms with Gasteiger partial charge in [-0.2, -0.15) is 0 Å². The number of nitrogens with two attached hydrogens (primary N) is 2. The third kappa shape index (κ3) is 7.31. The molecule has 2 aromatic carbocycles. The smallest absolute Gasteiger partial charge is 0.280 e. The number of anilines is 2. The van der Waals surface area contributed by atoms with Gasteiger partial charge in [0.25, 0.3) is 5.56 Å². The van der Waals surface area contributed by atoms with Gasteiger partial charge in [-0.05, 0) is 79.5 Å². The second-order valence-corrected chi connectivity index (χ2v) is 12.5. The largest absolute Gasteiger partial charge is 0.437 e. The molecule has 6 rings (SSSR count). The van der Waals surface area contributed by atoms with Crippen molar-refractivity contribution in [3.63, 3.8) is 0 Å². The average molecular weight is 655 g/mol. The van der Waals surface area contributed by atoms with E-state index in [1.807, 2.05) is 30.3 Å². The lowest BCUT2D eigenvalue weighted by Gasteiger charge is -2.43. The maximum atomic E-state index is 16.2. The summed E-state index contributed by atoms with van der Waals surface area (Å²) in [7, 11) is 0. The van der Waals surface area contributed by atoms with E-state index >= 15 is 4.39 Å². The number of aromatic nitrogens is 3. The highest BCUT2D eigenvalue weighted by Gasteiger charge is 2.46. The highest BCUT2D eigenvalue weighted by atomic mass is 19.1. The van der Waals surface area contributed by atoms with Crippen molar-refractivity contribution in [1.82, 2.24) is 19.4 Å². The molecule has 2 aliphatic rings. The third-order valence-corrected chi connectivity index (χ3v) is 9.15. The Morgan fingerprint density at radius 3 is 2.46 bits per heavy atom. The fraction of sp³-hybridized carbons (Fsp3) is 0.333. The van der Waals surface area contributed by atoms with E-state index in [0.29, 0.717) is 17.9 Å². The van der Waals surface area contributed by atoms with Crippen molar-refractivity contribution in [2.24, 2.45) is 5.92 Å². The monoisotopic (exact) mass is 654 g/mol. The van der Waals surface area contributed by atoms with Gasteiger partial charge < -0.3 is 26.2 Å². The second kappa shape index (κ2) is 13.4. The van der Waals surface area contributed by atoms with Crippen LogP contribution >= 0.6 is 0 Å². The Labute approximate surface area is 276 Å². The van der Waals surface area contributed by atoms with Gasteiger partial charge in [0.1, 0.15) is 29.4 Å². The number of likely N-dealkylation sites (tertiary alicyclic amines) is 1. The number of carbonyl (C=O) groups is 1. The zero-order valence-corrected chi connectivity index (χ0v) is 26.2. The molecule has 3 atom stereocenters. The molecule has 0 bridgehead atoms. The molecule has 0 spiro atoms. The van der Waals surface area contributed by atoms with Gasteiger partial charge in [-0.1, -0.05) is 42.3 Å². The molecule has 3 heterocycles. The van der Waals surface area contributed by atoms with Crippen LogP contribution in [-0.4, -0.2) is 54.8 Å². The third-order valence-electron chi connectivity index (χ3n) is 9.15. The van der Waals surface area contributed by atoms with Crippen molar-refractivity contribution in [3.05, 3.63) is 107 Å². The van der Waals surface area contributed by atoms with E-state index in [-0.39, 0.29) is 68.5 Å². The number of hydrogen-bond donors (Lipinski definition) is 3. The number of alkyl halides is 1. The molecule has 1 aliphatic heterocycles. The van der Waals surface area contributed by atoms with Crippen molar-refractivity contribution in [3.8, 4) is 23.5 Å². The van der Waals surface area contributed by atoms with Gasteiger partial charge in [0, 0.05) is 25.4 Å². The summed E-state index contributed by atoms with van der Waals surface area (Å²) in [5.74, 6) is 4.66. The summed E-state index contributed by atoms with van der Waals surface area (Å²) < 4.78 is 36.2. The Kier molecular flexibility index (Phi) is 9.15. The number of aliphatic hydroxyl groups is 1. The lowest BCUT2D eigenvalue weighted by Crippen LogP contribution is -2.52. The molecule has 1 saturated carbocycles. The second-order valence-electron chi connectivity index (χ2n) is 12.5. The van der Waals surface area contributed by atoms with Crippen LogP contribution in [0.1, 0.15) is 49.3 Å². The molecule has 1 aliphatic carbocycles. The van der Waals surface area contributed by atoms with E-state index in [0.717, 1.165) is 5.56 Å². The van der Waals surface area contributed by atoms with Crippen LogP contribution in [0.25, 0.3) is 0 Å². The Hall–Kier alpha value is -5.28. The van der Waals surface area contributed by atoms with Crippen LogP contribution in [-0.2, 0) is 11.3 Å². The number of carbonyl (C=O) groups excluding carboxylic acids is 1. The number of amides is 1. The Morgan fingerprint density at radius 1 is 1.02 bits per heavy atom. The first-order chi connectivity index (χ1) is 23.0. The van der Waals surface area contributed by atoms with Crippen LogP contribution in [0.15, 0.2) is 83.9 Å². The molecular weight excluding hydrogens is 618 g/mol. The maximum absolute atomic E-state index is 16.2. The topological polar surface area (TPSA) is 150 Å². The molecule has 2 fully saturated rings. The van der Waals surface area contributed by atoms with Gasteiger partial charge in [0.2, 0.25) is 11.8 Å². The molecular formula is C36H36F2N6O4. The number of nitrogen functional groups attached to an aromatic ring is 2. The summed E-state index contributed by atoms with van der Waals surface area (Å²) >= 11 is 0. The standard InChI is InChI=1S/C36H36F2N6O4/c37-25-9-11-27(12-10-25)48-32-31(40)34(46)44(23-41-32)22-36(47)17-19-43(20-18-36)33(45)28-14-16-35(38,15-13-26-7-4-8-30(39)42-26)21-29(28)24-5-2-1-3-6-24/h1-12,23,28-29,47H,14,16-22,40H2,(H2,39,42)/t28-,29+,35-/m1/s1. The van der Waals surface area contributed by atoms with Crippen molar-refractivity contribution < 1.29 is 23.4 Å². The van der Waals surface area contributed by atoms with Crippen molar-refractivity contribution in [1.29, 1.82) is 0 Å². The summed E-state index contributed by atoms with van der Waals surface area (Å²) in [6, 6.07) is 19.7. The summed E-state index contributed by atoms with van der Waals surface area (Å²) in [4.78, 5) is 37.0. The van der Waals surface area contributed by atoms with Crippen molar-refractivity contribution in [2.45, 2.75) is 55.8 Å². The SMILES string of the molecule is Nc1cccc(C#C[C@@]2(F)CC[C@@H](C(=O)N3CCC(O)(Cn4cnc(Oc5ccc(F)cc5)c(N)c4=O)CC3)[C@H](c3ccccc3)C2)n1. The van der Waals surface area contributed by atoms with Crippen LogP contribution in [0.4, 0.5) is 20.3 Å². The molecule has 2 aromatic heterocycles. The van der Waals surface area contributed by atoms with Gasteiger partial charge in [0.05, 0.1) is 12.1 Å². The predicted molar refractivity (Wildman–Crippen MR) is 176 cm³/mol. The highest BCUT2D eigenvalue weighted by Crippen LogP contribution is 2.45. The van der Waals surface area contributed by atoms with Gasteiger partial charge >= 0.3 is 0 Å². The molecule has 10 nitrogen and oxygen atoms in total. The molecule has 1 amide bonds. The Bertz CT molecular complexity index is 1900. The minimum Gasteiger partial charge on any atom is -0.437 e. The fourth-order valence-corrected chi connectivity index (χ4v) is 6.49. The van der Waals surface area contributed by atoms with E-state index in [2.05, 4.69) is 21.8 Å². The maximum Gasteiger partial charge on any atom is 0.280 e. The number of rotatable bonds is 6. The molecule has 1 saturated heterocycles. The molecule has 5 N–H and O–H groups in total. The molecule has 4 aromatic rings. The number of pyridine rings is 1. The quantitative estimate of drug-likeness (QED) is 0.259. The van der Waals surface area contributed by atoms with Gasteiger partial charge in [0.15, 0.2) is 11.4 Å². The average Bonchev–Trinajstić information content (AvgIpc) is 3.09. The van der Waals surface area contributed by atoms with Gasteiger partial charge in [-0.25, -0.2) is 18.7 Å². The number of benzene rings is 2. The van der Waals surface area contributed by atoms with E-state index in [9.17, 15) is 19.1 Å². The van der Waals surface area contributed by atoms with E-state index in [1.165, 1.54) is 35.2 Å². The number of hydrogen-bond acceptors (Lipinski definition) is 8. The lowest BCUT2D eigenvalue weighted by atomic mass is 9.69. The van der Waals surface area contributed by atoms with Crippen molar-refractivity contribution >= 4 is 17.4 Å². The van der Waals surface area contributed by atoms with Gasteiger partial charge in [-0.15, -0.1) is 0 Å². The number of ether oxygens (including phenoxy) is 1. The molecule has 12 heteroatoms. The van der Waals surface area contributed by atoms with E-state index in [1.54, 1.807) is 23.1 Å². The first-order valence-electron chi connectivity index (χ1n) is 15.8. The predicted octanol–water partition coefficient (Wildman–Crippen LogP) is 4.43. The number of nitrogens with zero attached hydrogens (tertiary/aromatic N) is 4. The first kappa shape index (κ1) is 32.7. The normalized spacial score (nSPS) is 21.9. The van der Waals surface area contributed by atoms with Gasteiger partial charge in [-0.3, -0.25) is 14.2 Å². The minimum atomic E-state index is -1.81. The van der Waals surface area contributed by atoms with Crippen molar-refractivity contribution in [2.75, 3.05) is 24.6 Å². The van der Waals surface area contributed by atoms with Crippen LogP contribution in [0.3, 0.4) is 0 Å². The molecule has 0 radical (unpaired) electrons. The summed E-state index contributed by atoms with van der Waals surface area (Å²) in [5, 5.41) is 11.4. The molecule has 0 unspecified atom stereocenters. The van der Waals surface area contributed by atoms with Crippen LogP contribution in [0, 0.1) is 23.6 Å². The van der Waals surface area contributed by atoms with Crippen LogP contribution < -0.4 is 21.8 Å². The molecule has 248 valence electrons. The number of piperidine rings is 1. The van der Waals surface area contributed by atoms with E-state index in [4.69, 9.17) is 16.2 Å². The highest BCUT2D eigenvalue weighted by molar-refractivity contribution is 5.80. The number of halogens is 2. The minimum absolute atomic E-state index is 0.0543.